The zero-order valence-electron chi connectivity index (χ0n) is 9.58. The Morgan fingerprint density at radius 2 is 2.27 bits per heavy atom. The van der Waals surface area contributed by atoms with E-state index in [0.29, 0.717) is 6.04 Å². The molecule has 0 spiro atoms. The Hall–Kier alpha value is -1.38. The highest BCUT2D eigenvalue weighted by molar-refractivity contribution is 5.77. The average molecular weight is 206 g/mol. The van der Waals surface area contributed by atoms with Gasteiger partial charge in [-0.05, 0) is 25.5 Å². The molecule has 1 aliphatic rings. The maximum absolute atomic E-state index is 5.39. The molecule has 1 N–H and O–H groups in total. The van der Waals surface area contributed by atoms with Crippen molar-refractivity contribution in [2.45, 2.75) is 19.4 Å². The Kier molecular flexibility index (Phi) is 2.71. The van der Waals surface area contributed by atoms with Crippen molar-refractivity contribution in [2.24, 2.45) is 0 Å². The van der Waals surface area contributed by atoms with E-state index in [-0.39, 0.29) is 0 Å². The highest BCUT2D eigenvalue weighted by Gasteiger charge is 2.18. The first-order valence-corrected chi connectivity index (χ1v) is 5.37. The van der Waals surface area contributed by atoms with Crippen molar-refractivity contribution in [1.29, 1.82) is 0 Å². The van der Waals surface area contributed by atoms with Crippen LogP contribution >= 0.6 is 0 Å². The van der Waals surface area contributed by atoms with Gasteiger partial charge >= 0.3 is 0 Å². The number of rotatable bonds is 1. The summed E-state index contributed by atoms with van der Waals surface area (Å²) in [6.45, 7) is 3.27. The minimum Gasteiger partial charge on any atom is -0.495 e. The van der Waals surface area contributed by atoms with Gasteiger partial charge in [-0.2, -0.15) is 0 Å². The first-order chi connectivity index (χ1) is 7.22. The summed E-state index contributed by atoms with van der Waals surface area (Å²) in [5.74, 6) is 0.941. The standard InChI is InChI=1S/C12H18N2O/c1-9-7-8-14(2)12-10(13-9)5-4-6-11(12)15-3/h4-6,9,13H,7-8H2,1-3H3. The first-order valence-electron chi connectivity index (χ1n) is 5.37. The third-order valence-corrected chi connectivity index (χ3v) is 2.90. The van der Waals surface area contributed by atoms with E-state index in [9.17, 15) is 0 Å². The number of ether oxygens (including phenoxy) is 1. The summed E-state index contributed by atoms with van der Waals surface area (Å²) in [5.41, 5.74) is 2.34. The second-order valence-electron chi connectivity index (χ2n) is 4.11. The maximum atomic E-state index is 5.39. The number of nitrogens with one attached hydrogen (secondary N) is 1. The van der Waals surface area contributed by atoms with E-state index in [1.54, 1.807) is 7.11 Å². The van der Waals surface area contributed by atoms with Crippen LogP contribution in [0.3, 0.4) is 0 Å². The lowest BCUT2D eigenvalue weighted by Crippen LogP contribution is -2.20. The lowest BCUT2D eigenvalue weighted by Gasteiger charge is -2.21. The molecule has 1 unspecified atom stereocenters. The van der Waals surface area contributed by atoms with Crippen molar-refractivity contribution in [3.63, 3.8) is 0 Å². The summed E-state index contributed by atoms with van der Waals surface area (Å²) in [5, 5.41) is 3.51. The normalized spacial score (nSPS) is 20.2. The zero-order chi connectivity index (χ0) is 10.8. The largest absolute Gasteiger partial charge is 0.495 e. The summed E-state index contributed by atoms with van der Waals surface area (Å²) >= 11 is 0. The van der Waals surface area contributed by atoms with Crippen molar-refractivity contribution in [3.8, 4) is 5.75 Å². The predicted octanol–water partition coefficient (Wildman–Crippen LogP) is 2.34. The van der Waals surface area contributed by atoms with Crippen LogP contribution in [0.4, 0.5) is 11.4 Å². The van der Waals surface area contributed by atoms with Gasteiger partial charge < -0.3 is 15.0 Å². The zero-order valence-corrected chi connectivity index (χ0v) is 9.58. The van der Waals surface area contributed by atoms with Crippen LogP contribution in [0.25, 0.3) is 0 Å². The summed E-state index contributed by atoms with van der Waals surface area (Å²) < 4.78 is 5.39. The SMILES string of the molecule is COc1cccc2c1N(C)CCC(C)N2. The number of fused-ring (bicyclic) bond motifs is 1. The molecular weight excluding hydrogens is 188 g/mol. The fraction of sp³-hybridized carbons (Fsp3) is 0.500. The van der Waals surface area contributed by atoms with Gasteiger partial charge in [0.25, 0.3) is 0 Å². The highest BCUT2D eigenvalue weighted by atomic mass is 16.5. The van der Waals surface area contributed by atoms with Gasteiger partial charge in [0, 0.05) is 19.6 Å². The summed E-state index contributed by atoms with van der Waals surface area (Å²) in [6, 6.07) is 6.65. The van der Waals surface area contributed by atoms with Gasteiger partial charge in [-0.3, -0.25) is 0 Å². The number of anilines is 2. The van der Waals surface area contributed by atoms with Crippen LogP contribution in [0.5, 0.6) is 5.75 Å². The van der Waals surface area contributed by atoms with Crippen LogP contribution in [0, 0.1) is 0 Å². The molecule has 1 heterocycles. The number of para-hydroxylation sites is 1. The third-order valence-electron chi connectivity index (χ3n) is 2.90. The monoisotopic (exact) mass is 206 g/mol. The molecule has 0 saturated heterocycles. The van der Waals surface area contributed by atoms with E-state index in [2.05, 4.69) is 30.3 Å². The van der Waals surface area contributed by atoms with E-state index >= 15 is 0 Å². The molecule has 15 heavy (non-hydrogen) atoms. The summed E-state index contributed by atoms with van der Waals surface area (Å²) in [6.07, 6.45) is 1.15. The van der Waals surface area contributed by atoms with Crippen molar-refractivity contribution in [2.75, 3.05) is 30.9 Å². The molecule has 0 amide bonds. The molecular formula is C12H18N2O. The Labute approximate surface area is 91.0 Å². The second kappa shape index (κ2) is 4.01. The Morgan fingerprint density at radius 3 is 3.00 bits per heavy atom. The van der Waals surface area contributed by atoms with E-state index in [1.807, 2.05) is 12.1 Å². The van der Waals surface area contributed by atoms with Crippen LogP contribution in [0.1, 0.15) is 13.3 Å². The molecule has 2 rings (SSSR count). The Balaban J connectivity index is 2.46. The average Bonchev–Trinajstić information content (AvgIpc) is 2.38. The molecule has 3 nitrogen and oxygen atoms in total. The van der Waals surface area contributed by atoms with Crippen molar-refractivity contribution in [3.05, 3.63) is 18.2 Å². The van der Waals surface area contributed by atoms with E-state index in [4.69, 9.17) is 4.74 Å². The van der Waals surface area contributed by atoms with E-state index < -0.39 is 0 Å². The van der Waals surface area contributed by atoms with Crippen LogP contribution < -0.4 is 15.0 Å². The smallest absolute Gasteiger partial charge is 0.144 e. The van der Waals surface area contributed by atoms with Crippen LogP contribution in [-0.4, -0.2) is 26.7 Å². The van der Waals surface area contributed by atoms with Gasteiger partial charge in [0.05, 0.1) is 12.8 Å². The third kappa shape index (κ3) is 1.87. The van der Waals surface area contributed by atoms with E-state index in [0.717, 1.165) is 18.7 Å². The topological polar surface area (TPSA) is 24.5 Å². The number of hydrogen-bond donors (Lipinski definition) is 1. The first kappa shape index (κ1) is 10.1. The fourth-order valence-corrected chi connectivity index (χ4v) is 2.03. The predicted molar refractivity (Wildman–Crippen MR) is 64.0 cm³/mol. The molecule has 0 bridgehead atoms. The van der Waals surface area contributed by atoms with Gasteiger partial charge in [0.15, 0.2) is 0 Å². The number of methoxy groups -OCH3 is 1. The molecule has 1 atom stereocenters. The number of benzene rings is 1. The molecule has 0 aromatic heterocycles. The number of nitrogens with zero attached hydrogens (tertiary/aromatic N) is 1. The molecule has 1 aromatic rings. The van der Waals surface area contributed by atoms with Crippen molar-refractivity contribution < 1.29 is 4.74 Å². The molecule has 1 aliphatic heterocycles. The molecule has 0 fully saturated rings. The van der Waals surface area contributed by atoms with Crippen LogP contribution in [0.15, 0.2) is 18.2 Å². The summed E-state index contributed by atoms with van der Waals surface area (Å²) in [4.78, 5) is 2.25. The fourth-order valence-electron chi connectivity index (χ4n) is 2.03. The Morgan fingerprint density at radius 1 is 1.47 bits per heavy atom. The molecule has 1 aromatic carbocycles. The minimum absolute atomic E-state index is 0.515. The highest BCUT2D eigenvalue weighted by Crippen LogP contribution is 2.37. The minimum atomic E-state index is 0.515. The van der Waals surface area contributed by atoms with Gasteiger partial charge in [0.1, 0.15) is 11.4 Å². The molecule has 0 radical (unpaired) electrons. The van der Waals surface area contributed by atoms with Crippen LogP contribution in [-0.2, 0) is 0 Å². The molecule has 82 valence electrons. The van der Waals surface area contributed by atoms with Gasteiger partial charge in [-0.1, -0.05) is 6.07 Å². The Bertz CT molecular complexity index is 351. The number of hydrogen-bond acceptors (Lipinski definition) is 3. The molecule has 3 heteroatoms. The van der Waals surface area contributed by atoms with Crippen LogP contribution in [0.2, 0.25) is 0 Å². The lowest BCUT2D eigenvalue weighted by molar-refractivity contribution is 0.415. The van der Waals surface area contributed by atoms with Crippen molar-refractivity contribution in [1.82, 2.24) is 0 Å². The maximum Gasteiger partial charge on any atom is 0.144 e. The van der Waals surface area contributed by atoms with Crippen molar-refractivity contribution >= 4 is 11.4 Å². The second-order valence-corrected chi connectivity index (χ2v) is 4.11. The summed E-state index contributed by atoms with van der Waals surface area (Å²) in [7, 11) is 3.83. The molecule has 0 saturated carbocycles. The molecule has 0 aliphatic carbocycles. The van der Waals surface area contributed by atoms with Gasteiger partial charge in [-0.25, -0.2) is 0 Å². The lowest BCUT2D eigenvalue weighted by atomic mass is 10.2. The quantitative estimate of drug-likeness (QED) is 0.763. The van der Waals surface area contributed by atoms with Gasteiger partial charge in [-0.15, -0.1) is 0 Å². The van der Waals surface area contributed by atoms with Gasteiger partial charge in [0.2, 0.25) is 0 Å². The van der Waals surface area contributed by atoms with E-state index in [1.165, 1.54) is 11.4 Å².